The molecule has 0 aliphatic carbocycles. The van der Waals surface area contributed by atoms with Gasteiger partial charge in [0.05, 0.1) is 11.2 Å². The Hall–Kier alpha value is -2.96. The molecule has 2 heterocycles. The lowest BCUT2D eigenvalue weighted by Gasteiger charge is -2.37. The predicted octanol–water partition coefficient (Wildman–Crippen LogP) is 5.56. The van der Waals surface area contributed by atoms with E-state index in [0.29, 0.717) is 24.3 Å². The summed E-state index contributed by atoms with van der Waals surface area (Å²) < 4.78 is 6.12. The lowest BCUT2D eigenvalue weighted by Crippen LogP contribution is -2.48. The van der Waals surface area contributed by atoms with Gasteiger partial charge in [-0.3, -0.25) is 9.80 Å². The third-order valence-electron chi connectivity index (χ3n) is 7.05. The van der Waals surface area contributed by atoms with Gasteiger partial charge >= 0.3 is 6.09 Å². The lowest BCUT2D eigenvalue weighted by molar-refractivity contribution is 0.103. The summed E-state index contributed by atoms with van der Waals surface area (Å²) in [6.45, 7) is 15.3. The second-order valence-electron chi connectivity index (χ2n) is 10.1. The van der Waals surface area contributed by atoms with Crippen LogP contribution in [0.5, 0.6) is 5.75 Å². The van der Waals surface area contributed by atoms with E-state index in [4.69, 9.17) is 9.72 Å². The van der Waals surface area contributed by atoms with Crippen LogP contribution in [0.1, 0.15) is 40.2 Å². The molecule has 6 nitrogen and oxygen atoms in total. The molecule has 1 saturated heterocycles. The maximum Gasteiger partial charge on any atom is 0.412 e. The molecule has 0 radical (unpaired) electrons. The lowest BCUT2D eigenvalue weighted by atomic mass is 10.0. The zero-order chi connectivity index (χ0) is 24.9. The van der Waals surface area contributed by atoms with E-state index in [1.807, 2.05) is 49.4 Å². The molecule has 1 fully saturated rings. The largest absolute Gasteiger partial charge is 0.412 e. The van der Waals surface area contributed by atoms with Crippen LogP contribution < -0.4 is 10.1 Å². The third kappa shape index (κ3) is 6.00. The number of ether oxygens (including phenoxy) is 1. The monoisotopic (exact) mass is 474 g/mol. The van der Waals surface area contributed by atoms with Gasteiger partial charge in [-0.05, 0) is 38.8 Å². The minimum atomic E-state index is -0.424. The summed E-state index contributed by atoms with van der Waals surface area (Å²) in [5, 5.41) is 3.86. The normalized spacial score (nSPS) is 16.1. The number of para-hydroxylation sites is 1. The summed E-state index contributed by atoms with van der Waals surface area (Å²) in [5.41, 5.74) is 3.67. The molecule has 1 aromatic heterocycles. The Balaban J connectivity index is 1.76. The summed E-state index contributed by atoms with van der Waals surface area (Å²) in [6, 6.07) is 18.7. The zero-order valence-electron chi connectivity index (χ0n) is 21.6. The van der Waals surface area contributed by atoms with Crippen molar-refractivity contribution in [3.8, 4) is 17.0 Å². The number of carbonyl (C=O) groups is 1. The Labute approximate surface area is 209 Å². The van der Waals surface area contributed by atoms with Crippen molar-refractivity contribution in [3.63, 3.8) is 0 Å². The number of aromatic nitrogens is 1. The summed E-state index contributed by atoms with van der Waals surface area (Å²) in [4.78, 5) is 23.0. The standard InChI is InChI=1S/C29H38N4O2/c1-20(2)22(5)30-29(34)35-28-24-13-9-10-14-26(24)31-27(23-11-7-6-8-12-23)25(28)19-32-15-17-33(18-16-32)21(3)4/h6-14,20-22H,15-19H2,1-5H3,(H,30,34)/t22-/m1/s1. The molecule has 1 atom stereocenters. The van der Waals surface area contributed by atoms with Gasteiger partial charge in [-0.1, -0.05) is 56.3 Å². The highest BCUT2D eigenvalue weighted by Crippen LogP contribution is 2.37. The Kier molecular flexibility index (Phi) is 8.04. The van der Waals surface area contributed by atoms with E-state index in [9.17, 15) is 4.79 Å². The smallest absolute Gasteiger partial charge is 0.409 e. The molecular formula is C29H38N4O2. The number of nitrogens with one attached hydrogen (secondary N) is 1. The second-order valence-corrected chi connectivity index (χ2v) is 10.1. The van der Waals surface area contributed by atoms with Crippen LogP contribution in [0.15, 0.2) is 54.6 Å². The van der Waals surface area contributed by atoms with Gasteiger partial charge in [-0.15, -0.1) is 0 Å². The van der Waals surface area contributed by atoms with Crippen LogP contribution >= 0.6 is 0 Å². The van der Waals surface area contributed by atoms with E-state index in [2.05, 4.69) is 54.9 Å². The average Bonchev–Trinajstić information content (AvgIpc) is 2.86. The van der Waals surface area contributed by atoms with Gasteiger partial charge in [0.25, 0.3) is 0 Å². The highest BCUT2D eigenvalue weighted by atomic mass is 16.6. The minimum Gasteiger partial charge on any atom is -0.409 e. The number of rotatable bonds is 7. The number of pyridine rings is 1. The van der Waals surface area contributed by atoms with E-state index in [0.717, 1.165) is 53.9 Å². The summed E-state index contributed by atoms with van der Waals surface area (Å²) in [7, 11) is 0. The number of amides is 1. The van der Waals surface area contributed by atoms with Crippen LogP contribution in [-0.4, -0.2) is 59.1 Å². The van der Waals surface area contributed by atoms with Crippen molar-refractivity contribution < 1.29 is 9.53 Å². The van der Waals surface area contributed by atoms with Gasteiger partial charge in [0.15, 0.2) is 0 Å². The number of benzene rings is 2. The first-order chi connectivity index (χ1) is 16.8. The van der Waals surface area contributed by atoms with Gasteiger partial charge in [-0.25, -0.2) is 9.78 Å². The fourth-order valence-electron chi connectivity index (χ4n) is 4.46. The topological polar surface area (TPSA) is 57.7 Å². The van der Waals surface area contributed by atoms with Gasteiger partial charge in [0, 0.05) is 61.3 Å². The zero-order valence-corrected chi connectivity index (χ0v) is 21.6. The van der Waals surface area contributed by atoms with Crippen LogP contribution in [0, 0.1) is 5.92 Å². The Morgan fingerprint density at radius 1 is 0.943 bits per heavy atom. The van der Waals surface area contributed by atoms with Crippen molar-refractivity contribution in [2.45, 2.75) is 53.2 Å². The van der Waals surface area contributed by atoms with Crippen LogP contribution in [0.3, 0.4) is 0 Å². The first kappa shape index (κ1) is 25.1. The van der Waals surface area contributed by atoms with E-state index in [1.54, 1.807) is 0 Å². The molecule has 1 aliphatic heterocycles. The number of hydrogen-bond donors (Lipinski definition) is 1. The summed E-state index contributed by atoms with van der Waals surface area (Å²) in [6.07, 6.45) is -0.424. The van der Waals surface area contributed by atoms with E-state index >= 15 is 0 Å². The molecule has 0 bridgehead atoms. The molecule has 35 heavy (non-hydrogen) atoms. The van der Waals surface area contributed by atoms with E-state index < -0.39 is 6.09 Å². The van der Waals surface area contributed by atoms with Gasteiger partial charge in [0.1, 0.15) is 5.75 Å². The van der Waals surface area contributed by atoms with Gasteiger partial charge in [0.2, 0.25) is 0 Å². The number of nitrogens with zero attached hydrogens (tertiary/aromatic N) is 3. The maximum absolute atomic E-state index is 13.0. The highest BCUT2D eigenvalue weighted by Gasteiger charge is 2.25. The number of hydrogen-bond acceptors (Lipinski definition) is 5. The SMILES string of the molecule is CC(C)[C@@H](C)NC(=O)Oc1c(CN2CCN(C(C)C)CC2)c(-c2ccccc2)nc2ccccc12. The Morgan fingerprint density at radius 2 is 1.60 bits per heavy atom. The maximum atomic E-state index is 13.0. The molecule has 0 spiro atoms. The molecule has 186 valence electrons. The van der Waals surface area contributed by atoms with Crippen molar-refractivity contribution in [2.75, 3.05) is 26.2 Å². The Morgan fingerprint density at radius 3 is 2.26 bits per heavy atom. The van der Waals surface area contributed by atoms with Crippen molar-refractivity contribution in [1.82, 2.24) is 20.1 Å². The van der Waals surface area contributed by atoms with Crippen LogP contribution in [0.4, 0.5) is 4.79 Å². The van der Waals surface area contributed by atoms with Crippen LogP contribution in [0.25, 0.3) is 22.2 Å². The minimum absolute atomic E-state index is 0.0109. The van der Waals surface area contributed by atoms with Crippen LogP contribution in [0.2, 0.25) is 0 Å². The number of carbonyl (C=O) groups excluding carboxylic acids is 1. The molecule has 1 aliphatic rings. The summed E-state index contributed by atoms with van der Waals surface area (Å²) in [5.74, 6) is 0.919. The van der Waals surface area contributed by atoms with E-state index in [-0.39, 0.29) is 6.04 Å². The quantitative estimate of drug-likeness (QED) is 0.486. The van der Waals surface area contributed by atoms with Gasteiger partial charge < -0.3 is 10.1 Å². The third-order valence-corrected chi connectivity index (χ3v) is 7.05. The van der Waals surface area contributed by atoms with Crippen LogP contribution in [-0.2, 0) is 6.54 Å². The number of fused-ring (bicyclic) bond motifs is 1. The van der Waals surface area contributed by atoms with E-state index in [1.165, 1.54) is 0 Å². The number of piperazine rings is 1. The molecule has 0 unspecified atom stereocenters. The molecule has 4 rings (SSSR count). The van der Waals surface area contributed by atoms with Crippen molar-refractivity contribution in [3.05, 3.63) is 60.2 Å². The molecule has 0 saturated carbocycles. The second kappa shape index (κ2) is 11.2. The predicted molar refractivity (Wildman–Crippen MR) is 143 cm³/mol. The molecule has 6 heteroatoms. The first-order valence-corrected chi connectivity index (χ1v) is 12.7. The molecule has 2 aromatic carbocycles. The van der Waals surface area contributed by atoms with Crippen molar-refractivity contribution in [1.29, 1.82) is 0 Å². The van der Waals surface area contributed by atoms with Gasteiger partial charge in [-0.2, -0.15) is 0 Å². The molecule has 3 aromatic rings. The molecule has 1 amide bonds. The Bertz CT molecular complexity index is 1140. The average molecular weight is 475 g/mol. The van der Waals surface area contributed by atoms with Crippen molar-refractivity contribution >= 4 is 17.0 Å². The summed E-state index contributed by atoms with van der Waals surface area (Å²) >= 11 is 0. The van der Waals surface area contributed by atoms with Crippen molar-refractivity contribution in [2.24, 2.45) is 5.92 Å². The molecule has 1 N–H and O–H groups in total. The first-order valence-electron chi connectivity index (χ1n) is 12.7. The molecular weight excluding hydrogens is 436 g/mol. The fourth-order valence-corrected chi connectivity index (χ4v) is 4.46. The highest BCUT2D eigenvalue weighted by molar-refractivity contribution is 5.92. The fraction of sp³-hybridized carbons (Fsp3) is 0.448.